The number of alkyl halides is 8. The summed E-state index contributed by atoms with van der Waals surface area (Å²) >= 11 is 6.39. The Labute approximate surface area is 280 Å². The summed E-state index contributed by atoms with van der Waals surface area (Å²) < 4.78 is 107. The summed E-state index contributed by atoms with van der Waals surface area (Å²) in [5.74, 6) is -2.93. The fraction of sp³-hybridized carbons (Fsp3) is 0.548. The maximum absolute atomic E-state index is 13.5. The first-order valence-corrected chi connectivity index (χ1v) is 15.9. The standard InChI is InChI=1S/C31H34ClF8N7O2/c1-46(12-9-23(33)34)24-19(26(48)42-18-6-4-17(5-7-18)30(35,36)37)14-22-25(45-24)47(2)28(44-22)43-21-13-16(3-8-20(21)32)15-41-27(49)29(10-11-29)31(38,39)40/h3,8,13-14,17-18,23H,4-7,9-12,15H2,1-2H3,(H,41,49)(H,42,48)(H,43,44). The number of hydrogen-bond acceptors (Lipinski definition) is 6. The van der Waals surface area contributed by atoms with Crippen LogP contribution in [0.2, 0.25) is 5.02 Å². The summed E-state index contributed by atoms with van der Waals surface area (Å²) in [6, 6.07) is 5.45. The Morgan fingerprint density at radius 1 is 1.06 bits per heavy atom. The van der Waals surface area contributed by atoms with E-state index in [4.69, 9.17) is 11.6 Å². The molecule has 5 rings (SSSR count). The number of amides is 2. The summed E-state index contributed by atoms with van der Waals surface area (Å²) in [6.07, 6.45) is -12.7. The van der Waals surface area contributed by atoms with Crippen LogP contribution in [0.4, 0.5) is 52.6 Å². The molecule has 49 heavy (non-hydrogen) atoms. The minimum Gasteiger partial charge on any atom is -0.359 e. The van der Waals surface area contributed by atoms with Crippen LogP contribution >= 0.6 is 11.6 Å². The lowest BCUT2D eigenvalue weighted by atomic mass is 9.85. The lowest BCUT2D eigenvalue weighted by molar-refractivity contribution is -0.192. The van der Waals surface area contributed by atoms with Crippen molar-refractivity contribution in [2.24, 2.45) is 18.4 Å². The van der Waals surface area contributed by atoms with Gasteiger partial charge in [-0.05, 0) is 62.3 Å². The first-order chi connectivity index (χ1) is 22.9. The van der Waals surface area contributed by atoms with Crippen molar-refractivity contribution in [2.75, 3.05) is 23.8 Å². The van der Waals surface area contributed by atoms with Crippen molar-refractivity contribution >= 4 is 52.0 Å². The molecule has 0 spiro atoms. The van der Waals surface area contributed by atoms with Gasteiger partial charge in [0.2, 0.25) is 18.3 Å². The first kappa shape index (κ1) is 36.4. The highest BCUT2D eigenvalue weighted by Gasteiger charge is 2.68. The van der Waals surface area contributed by atoms with Gasteiger partial charge in [-0.3, -0.25) is 14.2 Å². The SMILES string of the molecule is CN(CCC(F)F)c1nc2c(cc1C(=O)NC1CCC(C(F)(F)F)CC1)nc(Nc1cc(CNC(=O)C3(C(F)(F)F)CC3)ccc1Cl)n2C. The van der Waals surface area contributed by atoms with Crippen LogP contribution in [0.3, 0.4) is 0 Å². The van der Waals surface area contributed by atoms with Crippen molar-refractivity contribution in [3.63, 3.8) is 0 Å². The largest absolute Gasteiger partial charge is 0.403 e. The van der Waals surface area contributed by atoms with Gasteiger partial charge in [-0.1, -0.05) is 17.7 Å². The van der Waals surface area contributed by atoms with Crippen LogP contribution < -0.4 is 20.9 Å². The quantitative estimate of drug-likeness (QED) is 0.180. The lowest BCUT2D eigenvalue weighted by Crippen LogP contribution is -2.40. The smallest absolute Gasteiger partial charge is 0.359 e. The number of halogens is 9. The molecule has 2 aromatic heterocycles. The Morgan fingerprint density at radius 2 is 1.73 bits per heavy atom. The molecule has 9 nitrogen and oxygen atoms in total. The highest BCUT2D eigenvalue weighted by Crippen LogP contribution is 2.57. The molecule has 18 heteroatoms. The second-order valence-corrected chi connectivity index (χ2v) is 13.0. The van der Waals surface area contributed by atoms with Crippen molar-refractivity contribution in [1.29, 1.82) is 0 Å². The maximum atomic E-state index is 13.5. The Morgan fingerprint density at radius 3 is 2.33 bits per heavy atom. The van der Waals surface area contributed by atoms with Crippen molar-refractivity contribution in [1.82, 2.24) is 25.2 Å². The third kappa shape index (κ3) is 7.96. The number of benzene rings is 1. The molecule has 2 aliphatic carbocycles. The number of nitrogens with one attached hydrogen (secondary N) is 3. The fourth-order valence-electron chi connectivity index (χ4n) is 5.91. The van der Waals surface area contributed by atoms with E-state index in [-0.39, 0.29) is 85.1 Å². The summed E-state index contributed by atoms with van der Waals surface area (Å²) in [6.45, 7) is -0.351. The van der Waals surface area contributed by atoms with Gasteiger partial charge < -0.3 is 20.9 Å². The van der Waals surface area contributed by atoms with Gasteiger partial charge in [-0.2, -0.15) is 26.3 Å². The molecule has 0 unspecified atom stereocenters. The van der Waals surface area contributed by atoms with Gasteiger partial charge in [0.05, 0.1) is 22.2 Å². The molecule has 268 valence electrons. The summed E-state index contributed by atoms with van der Waals surface area (Å²) in [4.78, 5) is 36.3. The third-order valence-electron chi connectivity index (χ3n) is 9.10. The van der Waals surface area contributed by atoms with E-state index >= 15 is 0 Å². The van der Waals surface area contributed by atoms with Crippen molar-refractivity contribution < 1.29 is 44.7 Å². The molecule has 2 aliphatic rings. The predicted octanol–water partition coefficient (Wildman–Crippen LogP) is 7.27. The molecule has 2 amide bonds. The minimum absolute atomic E-state index is 0.00470. The summed E-state index contributed by atoms with van der Waals surface area (Å²) in [7, 11) is 3.08. The average Bonchev–Trinajstić information content (AvgIpc) is 3.80. The molecular weight excluding hydrogens is 690 g/mol. The van der Waals surface area contributed by atoms with Gasteiger partial charge in [0.15, 0.2) is 5.65 Å². The molecule has 0 aliphatic heterocycles. The van der Waals surface area contributed by atoms with E-state index in [1.165, 1.54) is 34.7 Å². The number of carbonyl (C=O) groups is 2. The number of aromatic nitrogens is 3. The van der Waals surface area contributed by atoms with Gasteiger partial charge in [0.1, 0.15) is 16.7 Å². The van der Waals surface area contributed by atoms with E-state index in [9.17, 15) is 44.7 Å². The van der Waals surface area contributed by atoms with Crippen LogP contribution in [0.15, 0.2) is 24.3 Å². The summed E-state index contributed by atoms with van der Waals surface area (Å²) in [5.41, 5.74) is -1.15. The monoisotopic (exact) mass is 723 g/mol. The number of carbonyl (C=O) groups excluding carboxylic acids is 2. The van der Waals surface area contributed by atoms with E-state index < -0.39 is 54.4 Å². The molecule has 0 radical (unpaired) electrons. The minimum atomic E-state index is -4.65. The van der Waals surface area contributed by atoms with Gasteiger partial charge >= 0.3 is 12.4 Å². The maximum Gasteiger partial charge on any atom is 0.403 e. The van der Waals surface area contributed by atoms with Crippen LogP contribution in [0.25, 0.3) is 11.2 Å². The molecule has 3 N–H and O–H groups in total. The Bertz CT molecular complexity index is 1700. The van der Waals surface area contributed by atoms with Crippen molar-refractivity contribution in [3.05, 3.63) is 40.4 Å². The van der Waals surface area contributed by atoms with Gasteiger partial charge in [-0.15, -0.1) is 0 Å². The number of nitrogens with zero attached hydrogens (tertiary/aromatic N) is 4. The first-order valence-electron chi connectivity index (χ1n) is 15.5. The predicted molar refractivity (Wildman–Crippen MR) is 166 cm³/mol. The Balaban J connectivity index is 1.38. The van der Waals surface area contributed by atoms with Crippen LogP contribution in [0.5, 0.6) is 0 Å². The zero-order chi connectivity index (χ0) is 35.9. The molecule has 2 fully saturated rings. The average molecular weight is 724 g/mol. The van der Waals surface area contributed by atoms with E-state index in [1.807, 2.05) is 0 Å². The number of hydrogen-bond donors (Lipinski definition) is 3. The Kier molecular flexibility index (Phi) is 10.2. The van der Waals surface area contributed by atoms with Crippen LogP contribution in [-0.4, -0.2) is 64.8 Å². The molecular formula is C31H34ClF8N7O2. The number of aryl methyl sites for hydroxylation is 1. The zero-order valence-corrected chi connectivity index (χ0v) is 27.2. The molecule has 2 heterocycles. The van der Waals surface area contributed by atoms with E-state index in [0.29, 0.717) is 11.3 Å². The number of pyridine rings is 1. The summed E-state index contributed by atoms with van der Waals surface area (Å²) in [5, 5.41) is 8.35. The molecule has 0 atom stereocenters. The molecule has 3 aromatic rings. The topological polar surface area (TPSA) is 104 Å². The molecule has 0 bridgehead atoms. The van der Waals surface area contributed by atoms with E-state index in [0.717, 1.165) is 0 Å². The van der Waals surface area contributed by atoms with Crippen LogP contribution in [0.1, 0.15) is 60.9 Å². The normalized spacial score (nSPS) is 19.2. The van der Waals surface area contributed by atoms with E-state index in [1.54, 1.807) is 13.1 Å². The van der Waals surface area contributed by atoms with Crippen LogP contribution in [-0.2, 0) is 18.4 Å². The second kappa shape index (κ2) is 13.8. The van der Waals surface area contributed by atoms with Crippen molar-refractivity contribution in [2.45, 2.75) is 76.3 Å². The number of fused-ring (bicyclic) bond motifs is 1. The van der Waals surface area contributed by atoms with Gasteiger partial charge in [0, 0.05) is 39.6 Å². The van der Waals surface area contributed by atoms with E-state index in [2.05, 4.69) is 25.9 Å². The number of rotatable bonds is 11. The molecule has 0 saturated heterocycles. The lowest BCUT2D eigenvalue weighted by Gasteiger charge is -2.30. The third-order valence-corrected chi connectivity index (χ3v) is 9.43. The second-order valence-electron chi connectivity index (χ2n) is 12.6. The highest BCUT2D eigenvalue weighted by atomic mass is 35.5. The zero-order valence-electron chi connectivity index (χ0n) is 26.4. The fourth-order valence-corrected chi connectivity index (χ4v) is 6.08. The number of anilines is 3. The van der Waals surface area contributed by atoms with Gasteiger partial charge in [-0.25, -0.2) is 18.7 Å². The number of imidazole rings is 1. The molecule has 2 saturated carbocycles. The van der Waals surface area contributed by atoms with Gasteiger partial charge in [0.25, 0.3) is 5.91 Å². The van der Waals surface area contributed by atoms with Crippen LogP contribution in [0, 0.1) is 11.3 Å². The Hall–Kier alpha value is -3.89. The highest BCUT2D eigenvalue weighted by molar-refractivity contribution is 6.33. The van der Waals surface area contributed by atoms with Crippen molar-refractivity contribution in [3.8, 4) is 0 Å². The molecule has 1 aromatic carbocycles.